The summed E-state index contributed by atoms with van der Waals surface area (Å²) in [5.41, 5.74) is 2.82. The Morgan fingerprint density at radius 1 is 1.00 bits per heavy atom. The van der Waals surface area contributed by atoms with E-state index >= 15 is 0 Å². The maximum absolute atomic E-state index is 12.6. The van der Waals surface area contributed by atoms with E-state index in [9.17, 15) is 4.79 Å². The Kier molecular flexibility index (Phi) is 7.52. The third-order valence-electron chi connectivity index (χ3n) is 4.68. The average Bonchev–Trinajstić information content (AvgIpc) is 3.21. The SMILES string of the molecule is CSc1cccc(NC(=O)CSc2nnc(Cc3ccccc3)n2-c2ccc(Cl)cc2)c1. The van der Waals surface area contributed by atoms with Crippen LogP contribution >= 0.6 is 35.1 Å². The van der Waals surface area contributed by atoms with Crippen LogP contribution in [0, 0.1) is 0 Å². The van der Waals surface area contributed by atoms with E-state index in [1.54, 1.807) is 11.8 Å². The van der Waals surface area contributed by atoms with Crippen LogP contribution in [-0.2, 0) is 11.2 Å². The Bertz CT molecular complexity index is 1200. The minimum Gasteiger partial charge on any atom is -0.325 e. The van der Waals surface area contributed by atoms with Gasteiger partial charge in [-0.3, -0.25) is 9.36 Å². The van der Waals surface area contributed by atoms with Gasteiger partial charge in [-0.25, -0.2) is 0 Å². The number of nitrogens with one attached hydrogen (secondary N) is 1. The summed E-state index contributed by atoms with van der Waals surface area (Å²) in [6.45, 7) is 0. The third kappa shape index (κ3) is 5.73. The van der Waals surface area contributed by atoms with Crippen LogP contribution in [0.5, 0.6) is 0 Å². The zero-order valence-corrected chi connectivity index (χ0v) is 19.8. The first-order valence-corrected chi connectivity index (χ1v) is 12.5. The number of carbonyl (C=O) groups is 1. The van der Waals surface area contributed by atoms with Gasteiger partial charge in [0.05, 0.1) is 5.75 Å². The van der Waals surface area contributed by atoms with Gasteiger partial charge in [-0.2, -0.15) is 0 Å². The van der Waals surface area contributed by atoms with Crippen molar-refractivity contribution in [1.82, 2.24) is 14.8 Å². The molecule has 4 rings (SSSR count). The summed E-state index contributed by atoms with van der Waals surface area (Å²) in [6, 6.07) is 25.4. The van der Waals surface area contributed by atoms with Crippen molar-refractivity contribution >= 4 is 46.7 Å². The van der Waals surface area contributed by atoms with Gasteiger partial charge in [-0.15, -0.1) is 22.0 Å². The molecule has 0 spiro atoms. The Morgan fingerprint density at radius 3 is 2.53 bits per heavy atom. The van der Waals surface area contributed by atoms with Crippen LogP contribution in [0.1, 0.15) is 11.4 Å². The zero-order chi connectivity index (χ0) is 22.3. The quantitative estimate of drug-likeness (QED) is 0.315. The van der Waals surface area contributed by atoms with Crippen LogP contribution in [0.4, 0.5) is 5.69 Å². The lowest BCUT2D eigenvalue weighted by atomic mass is 10.1. The summed E-state index contributed by atoms with van der Waals surface area (Å²) in [5, 5.41) is 13.1. The average molecular weight is 481 g/mol. The second kappa shape index (κ2) is 10.7. The van der Waals surface area contributed by atoms with Crippen molar-refractivity contribution in [1.29, 1.82) is 0 Å². The molecule has 0 aliphatic heterocycles. The van der Waals surface area contributed by atoms with E-state index in [0.717, 1.165) is 27.7 Å². The predicted octanol–water partition coefficient (Wildman–Crippen LogP) is 5.96. The highest BCUT2D eigenvalue weighted by Gasteiger charge is 2.16. The molecule has 32 heavy (non-hydrogen) atoms. The number of halogens is 1. The molecule has 0 radical (unpaired) electrons. The first-order chi connectivity index (χ1) is 15.6. The number of benzene rings is 3. The summed E-state index contributed by atoms with van der Waals surface area (Å²) < 4.78 is 1.98. The second-order valence-electron chi connectivity index (χ2n) is 6.94. The maximum Gasteiger partial charge on any atom is 0.234 e. The third-order valence-corrected chi connectivity index (χ3v) is 6.58. The topological polar surface area (TPSA) is 59.8 Å². The molecule has 8 heteroatoms. The first kappa shape index (κ1) is 22.5. The monoisotopic (exact) mass is 480 g/mol. The number of hydrogen-bond donors (Lipinski definition) is 1. The molecule has 3 aromatic carbocycles. The van der Waals surface area contributed by atoms with Crippen molar-refractivity contribution in [3.8, 4) is 5.69 Å². The Hall–Kier alpha value is -2.74. The van der Waals surface area contributed by atoms with E-state index in [0.29, 0.717) is 16.6 Å². The summed E-state index contributed by atoms with van der Waals surface area (Å²) in [4.78, 5) is 13.7. The minimum absolute atomic E-state index is 0.0940. The molecule has 0 atom stereocenters. The van der Waals surface area contributed by atoms with Gasteiger partial charge in [0.15, 0.2) is 5.16 Å². The molecule has 0 fully saturated rings. The van der Waals surface area contributed by atoms with Gasteiger partial charge in [-0.05, 0) is 54.3 Å². The van der Waals surface area contributed by atoms with E-state index in [4.69, 9.17) is 11.6 Å². The molecule has 1 heterocycles. The van der Waals surface area contributed by atoms with Gasteiger partial charge in [0.2, 0.25) is 5.91 Å². The fourth-order valence-electron chi connectivity index (χ4n) is 3.16. The highest BCUT2D eigenvalue weighted by molar-refractivity contribution is 7.99. The Labute approximate surface area is 200 Å². The lowest BCUT2D eigenvalue weighted by Crippen LogP contribution is -2.14. The van der Waals surface area contributed by atoms with Crippen molar-refractivity contribution in [2.45, 2.75) is 16.5 Å². The lowest BCUT2D eigenvalue weighted by Gasteiger charge is -2.11. The van der Waals surface area contributed by atoms with Crippen molar-refractivity contribution in [3.63, 3.8) is 0 Å². The standard InChI is InChI=1S/C24H21ClN4OS2/c1-31-21-9-5-8-19(15-21)26-23(30)16-32-24-28-27-22(14-17-6-3-2-4-7-17)29(24)20-12-10-18(25)11-13-20/h2-13,15H,14,16H2,1H3,(H,26,30). The molecule has 4 aromatic rings. The predicted molar refractivity (Wildman–Crippen MR) is 133 cm³/mol. The van der Waals surface area contributed by atoms with Gasteiger partial charge in [-0.1, -0.05) is 59.8 Å². The van der Waals surface area contributed by atoms with Crippen LogP contribution in [0.3, 0.4) is 0 Å². The molecule has 0 aliphatic rings. The van der Waals surface area contributed by atoms with Crippen LogP contribution in [-0.4, -0.2) is 32.7 Å². The molecular formula is C24H21ClN4OS2. The number of amides is 1. The molecule has 1 N–H and O–H groups in total. The Morgan fingerprint density at radius 2 is 1.78 bits per heavy atom. The number of nitrogens with zero attached hydrogens (tertiary/aromatic N) is 3. The molecule has 0 unspecified atom stereocenters. The number of rotatable bonds is 8. The second-order valence-corrected chi connectivity index (χ2v) is 9.20. The number of hydrogen-bond acceptors (Lipinski definition) is 5. The van der Waals surface area contributed by atoms with Crippen LogP contribution in [0.2, 0.25) is 5.02 Å². The minimum atomic E-state index is -0.0940. The Balaban J connectivity index is 1.53. The smallest absolute Gasteiger partial charge is 0.234 e. The lowest BCUT2D eigenvalue weighted by molar-refractivity contribution is -0.113. The van der Waals surface area contributed by atoms with Crippen LogP contribution in [0.15, 0.2) is 88.9 Å². The summed E-state index contributed by atoms with van der Waals surface area (Å²) >= 11 is 9.07. The first-order valence-electron chi connectivity index (χ1n) is 9.93. The zero-order valence-electron chi connectivity index (χ0n) is 17.4. The van der Waals surface area contributed by atoms with E-state index in [-0.39, 0.29) is 11.7 Å². The highest BCUT2D eigenvalue weighted by Crippen LogP contribution is 2.25. The number of thioether (sulfide) groups is 2. The molecule has 0 aliphatic carbocycles. The molecular weight excluding hydrogens is 460 g/mol. The fourth-order valence-corrected chi connectivity index (χ4v) is 4.52. The number of carbonyl (C=O) groups excluding carboxylic acids is 1. The molecule has 162 valence electrons. The van der Waals surface area contributed by atoms with Crippen LogP contribution in [0.25, 0.3) is 5.69 Å². The summed E-state index contributed by atoms with van der Waals surface area (Å²) in [7, 11) is 0. The van der Waals surface area contributed by atoms with E-state index < -0.39 is 0 Å². The van der Waals surface area contributed by atoms with Crippen molar-refractivity contribution in [2.24, 2.45) is 0 Å². The molecule has 1 amide bonds. The molecule has 1 aromatic heterocycles. The number of anilines is 1. The van der Waals surface area contributed by atoms with E-state index in [2.05, 4.69) is 27.6 Å². The van der Waals surface area contributed by atoms with E-state index in [1.165, 1.54) is 11.8 Å². The maximum atomic E-state index is 12.6. The largest absolute Gasteiger partial charge is 0.325 e. The summed E-state index contributed by atoms with van der Waals surface area (Å²) in [6.07, 6.45) is 2.64. The molecule has 0 saturated carbocycles. The van der Waals surface area contributed by atoms with Crippen LogP contribution < -0.4 is 5.32 Å². The van der Waals surface area contributed by atoms with Crippen molar-refractivity contribution in [3.05, 3.63) is 95.3 Å². The normalized spacial score (nSPS) is 10.8. The van der Waals surface area contributed by atoms with Gasteiger partial charge < -0.3 is 5.32 Å². The van der Waals surface area contributed by atoms with E-state index in [1.807, 2.05) is 77.6 Å². The van der Waals surface area contributed by atoms with Gasteiger partial charge in [0, 0.05) is 27.7 Å². The van der Waals surface area contributed by atoms with Gasteiger partial charge in [0.1, 0.15) is 5.82 Å². The van der Waals surface area contributed by atoms with Gasteiger partial charge in [0.25, 0.3) is 0 Å². The fraction of sp³-hybridized carbons (Fsp3) is 0.125. The molecule has 0 saturated heterocycles. The summed E-state index contributed by atoms with van der Waals surface area (Å²) in [5.74, 6) is 0.929. The molecule has 0 bridgehead atoms. The van der Waals surface area contributed by atoms with Crippen molar-refractivity contribution in [2.75, 3.05) is 17.3 Å². The molecule has 5 nitrogen and oxygen atoms in total. The van der Waals surface area contributed by atoms with Crippen molar-refractivity contribution < 1.29 is 4.79 Å². The number of aromatic nitrogens is 3. The van der Waals surface area contributed by atoms with Gasteiger partial charge >= 0.3 is 0 Å². The highest BCUT2D eigenvalue weighted by atomic mass is 35.5.